The van der Waals surface area contributed by atoms with E-state index < -0.39 is 17.8 Å². The molecule has 0 spiro atoms. The van der Waals surface area contributed by atoms with Gasteiger partial charge in [0.25, 0.3) is 0 Å². The highest BCUT2D eigenvalue weighted by Crippen LogP contribution is 2.47. The molecule has 3 unspecified atom stereocenters. The van der Waals surface area contributed by atoms with Gasteiger partial charge in [-0.3, -0.25) is 9.48 Å². The number of carboxylic acids is 1. The lowest BCUT2D eigenvalue weighted by Crippen LogP contribution is -2.35. The Morgan fingerprint density at radius 3 is 2.80 bits per heavy atom. The number of rotatable bonds is 6. The number of carboxylic acid groups (broad SMARTS) is 1. The van der Waals surface area contributed by atoms with Gasteiger partial charge >= 0.3 is 5.97 Å². The van der Waals surface area contributed by atoms with Crippen molar-refractivity contribution in [2.45, 2.75) is 18.4 Å². The Labute approximate surface area is 143 Å². The second-order valence-electron chi connectivity index (χ2n) is 6.07. The van der Waals surface area contributed by atoms with Gasteiger partial charge in [0, 0.05) is 19.2 Å². The molecule has 1 aromatic heterocycles. The van der Waals surface area contributed by atoms with Crippen molar-refractivity contribution in [1.29, 1.82) is 0 Å². The van der Waals surface area contributed by atoms with Crippen molar-refractivity contribution in [3.8, 4) is 5.75 Å². The molecule has 3 atom stereocenters. The standard InChI is InChI=1S/C17H18FN3O4/c1-21-8-10(7-19-21)11-6-12(11)16(22)20-15(17(23)24)9-3-4-14(25-2)13(18)5-9/h3-5,7-8,11-12,15H,6H2,1-2H3,(H,20,22)(H,23,24). The molecule has 1 aliphatic carbocycles. The van der Waals surface area contributed by atoms with Crippen LogP contribution in [0, 0.1) is 11.7 Å². The summed E-state index contributed by atoms with van der Waals surface area (Å²) in [5.41, 5.74) is 1.10. The van der Waals surface area contributed by atoms with E-state index in [1.54, 1.807) is 17.9 Å². The van der Waals surface area contributed by atoms with E-state index in [0.29, 0.717) is 6.42 Å². The highest BCUT2D eigenvalue weighted by molar-refractivity contribution is 5.88. The van der Waals surface area contributed by atoms with E-state index in [9.17, 15) is 19.1 Å². The van der Waals surface area contributed by atoms with Gasteiger partial charge in [-0.15, -0.1) is 0 Å². The summed E-state index contributed by atoms with van der Waals surface area (Å²) in [7, 11) is 3.11. The van der Waals surface area contributed by atoms with E-state index in [-0.39, 0.29) is 29.1 Å². The molecule has 8 heteroatoms. The zero-order chi connectivity index (χ0) is 18.1. The van der Waals surface area contributed by atoms with Crippen LogP contribution in [0.4, 0.5) is 4.39 Å². The fourth-order valence-corrected chi connectivity index (χ4v) is 2.88. The van der Waals surface area contributed by atoms with Gasteiger partial charge in [-0.05, 0) is 35.6 Å². The fourth-order valence-electron chi connectivity index (χ4n) is 2.88. The van der Waals surface area contributed by atoms with Crippen molar-refractivity contribution in [2.75, 3.05) is 7.11 Å². The summed E-state index contributed by atoms with van der Waals surface area (Å²) in [5, 5.41) is 16.0. The maximum Gasteiger partial charge on any atom is 0.330 e. The first-order valence-electron chi connectivity index (χ1n) is 7.76. The molecule has 0 aliphatic heterocycles. The lowest BCUT2D eigenvalue weighted by molar-refractivity contribution is -0.142. The third-order valence-corrected chi connectivity index (χ3v) is 4.32. The average Bonchev–Trinajstić information content (AvgIpc) is 3.26. The number of amides is 1. The Bertz CT molecular complexity index is 820. The second-order valence-corrected chi connectivity index (χ2v) is 6.07. The number of aliphatic carboxylic acids is 1. The third kappa shape index (κ3) is 3.47. The first-order valence-corrected chi connectivity index (χ1v) is 7.76. The van der Waals surface area contributed by atoms with E-state index in [1.807, 2.05) is 6.20 Å². The predicted octanol–water partition coefficient (Wildman–Crippen LogP) is 1.61. The van der Waals surface area contributed by atoms with Crippen LogP contribution in [0.1, 0.15) is 29.5 Å². The van der Waals surface area contributed by atoms with Crippen LogP contribution in [0.2, 0.25) is 0 Å². The van der Waals surface area contributed by atoms with Crippen LogP contribution in [-0.4, -0.2) is 33.9 Å². The van der Waals surface area contributed by atoms with Crippen molar-refractivity contribution in [2.24, 2.45) is 13.0 Å². The largest absolute Gasteiger partial charge is 0.494 e. The molecule has 132 valence electrons. The molecule has 1 fully saturated rings. The van der Waals surface area contributed by atoms with Crippen molar-refractivity contribution in [3.05, 3.63) is 47.5 Å². The second kappa shape index (κ2) is 6.54. The van der Waals surface area contributed by atoms with Crippen LogP contribution in [0.3, 0.4) is 0 Å². The number of hydrogen-bond acceptors (Lipinski definition) is 4. The Balaban J connectivity index is 1.71. The summed E-state index contributed by atoms with van der Waals surface area (Å²) < 4.78 is 20.3. The maximum atomic E-state index is 13.8. The number of aryl methyl sites for hydroxylation is 1. The van der Waals surface area contributed by atoms with Gasteiger partial charge in [-0.25, -0.2) is 9.18 Å². The van der Waals surface area contributed by atoms with Crippen LogP contribution in [0.25, 0.3) is 0 Å². The molecule has 3 rings (SSSR count). The normalized spacial score (nSPS) is 20.0. The summed E-state index contributed by atoms with van der Waals surface area (Å²) in [6.07, 6.45) is 4.18. The SMILES string of the molecule is COc1ccc(C(NC(=O)C2CC2c2cnn(C)c2)C(=O)O)cc1F. The van der Waals surface area contributed by atoms with Gasteiger partial charge < -0.3 is 15.2 Å². The number of nitrogens with zero attached hydrogens (tertiary/aromatic N) is 2. The number of halogens is 1. The number of nitrogens with one attached hydrogen (secondary N) is 1. The Morgan fingerprint density at radius 1 is 1.48 bits per heavy atom. The Morgan fingerprint density at radius 2 is 2.24 bits per heavy atom. The molecular formula is C17H18FN3O4. The molecule has 1 heterocycles. The predicted molar refractivity (Wildman–Crippen MR) is 85.5 cm³/mol. The van der Waals surface area contributed by atoms with Crippen molar-refractivity contribution in [1.82, 2.24) is 15.1 Å². The minimum absolute atomic E-state index is 0.0121. The van der Waals surface area contributed by atoms with Gasteiger partial charge in [0.1, 0.15) is 0 Å². The van der Waals surface area contributed by atoms with Crippen LogP contribution >= 0.6 is 0 Å². The molecule has 1 aliphatic rings. The van der Waals surface area contributed by atoms with E-state index in [2.05, 4.69) is 10.4 Å². The Hall–Kier alpha value is -2.90. The van der Waals surface area contributed by atoms with E-state index in [4.69, 9.17) is 4.74 Å². The fraction of sp³-hybridized carbons (Fsp3) is 0.353. The van der Waals surface area contributed by atoms with Crippen molar-refractivity contribution in [3.63, 3.8) is 0 Å². The number of benzene rings is 1. The van der Waals surface area contributed by atoms with E-state index in [0.717, 1.165) is 11.6 Å². The van der Waals surface area contributed by atoms with Crippen LogP contribution < -0.4 is 10.1 Å². The van der Waals surface area contributed by atoms with Crippen LogP contribution in [-0.2, 0) is 16.6 Å². The molecule has 7 nitrogen and oxygen atoms in total. The number of carbonyl (C=O) groups is 2. The van der Waals surface area contributed by atoms with Crippen LogP contribution in [0.15, 0.2) is 30.6 Å². The van der Waals surface area contributed by atoms with Gasteiger partial charge in [-0.1, -0.05) is 6.07 Å². The smallest absolute Gasteiger partial charge is 0.330 e. The molecule has 1 saturated carbocycles. The van der Waals surface area contributed by atoms with Crippen molar-refractivity contribution >= 4 is 11.9 Å². The topological polar surface area (TPSA) is 93.5 Å². The van der Waals surface area contributed by atoms with Gasteiger partial charge in [0.15, 0.2) is 17.6 Å². The minimum atomic E-state index is -1.32. The zero-order valence-electron chi connectivity index (χ0n) is 13.8. The van der Waals surface area contributed by atoms with Crippen LogP contribution in [0.5, 0.6) is 5.75 Å². The minimum Gasteiger partial charge on any atom is -0.494 e. The summed E-state index contributed by atoms with van der Waals surface area (Å²) >= 11 is 0. The number of methoxy groups -OCH3 is 1. The van der Waals surface area contributed by atoms with E-state index >= 15 is 0 Å². The molecule has 2 aromatic rings. The maximum absolute atomic E-state index is 13.8. The molecular weight excluding hydrogens is 329 g/mol. The van der Waals surface area contributed by atoms with Gasteiger partial charge in [-0.2, -0.15) is 5.10 Å². The summed E-state index contributed by atoms with van der Waals surface area (Å²) in [6, 6.07) is 2.50. The average molecular weight is 347 g/mol. The quantitative estimate of drug-likeness (QED) is 0.828. The summed E-state index contributed by atoms with van der Waals surface area (Å²) in [5.74, 6) is -2.54. The molecule has 0 bridgehead atoms. The molecule has 25 heavy (non-hydrogen) atoms. The summed E-state index contributed by atoms with van der Waals surface area (Å²) in [6.45, 7) is 0. The first kappa shape index (κ1) is 16.9. The highest BCUT2D eigenvalue weighted by atomic mass is 19.1. The number of hydrogen-bond donors (Lipinski definition) is 2. The van der Waals surface area contributed by atoms with Gasteiger partial charge in [0.05, 0.1) is 13.3 Å². The summed E-state index contributed by atoms with van der Waals surface area (Å²) in [4.78, 5) is 23.9. The van der Waals surface area contributed by atoms with Gasteiger partial charge in [0.2, 0.25) is 5.91 Å². The number of aromatic nitrogens is 2. The van der Waals surface area contributed by atoms with E-state index in [1.165, 1.54) is 19.2 Å². The molecule has 1 aromatic carbocycles. The lowest BCUT2D eigenvalue weighted by atomic mass is 10.1. The monoisotopic (exact) mass is 347 g/mol. The molecule has 2 N–H and O–H groups in total. The molecule has 0 saturated heterocycles. The third-order valence-electron chi connectivity index (χ3n) is 4.32. The number of carbonyl (C=O) groups excluding carboxylic acids is 1. The van der Waals surface area contributed by atoms with Crippen molar-refractivity contribution < 1.29 is 23.8 Å². The zero-order valence-corrected chi connectivity index (χ0v) is 13.8. The highest BCUT2D eigenvalue weighted by Gasteiger charge is 2.45. The molecule has 0 radical (unpaired) electrons. The Kier molecular flexibility index (Phi) is 4.43. The lowest BCUT2D eigenvalue weighted by Gasteiger charge is -2.15. The first-order chi connectivity index (χ1) is 11.9. The molecule has 1 amide bonds. The number of ether oxygens (including phenoxy) is 1.